The van der Waals surface area contributed by atoms with Crippen molar-refractivity contribution < 1.29 is 28.8 Å². The van der Waals surface area contributed by atoms with Crippen molar-refractivity contribution in [3.63, 3.8) is 0 Å². The molecule has 0 bridgehead atoms. The second-order valence-corrected chi connectivity index (χ2v) is 11.5. The Morgan fingerprint density at radius 1 is 1.07 bits per heavy atom. The monoisotopic (exact) mass is 550 g/mol. The minimum atomic E-state index is -0.313. The highest BCUT2D eigenvalue weighted by atomic mass is 16.5. The Morgan fingerprint density at radius 3 is 2.45 bits per heavy atom. The van der Waals surface area contributed by atoms with E-state index in [1.165, 1.54) is 31.0 Å². The fourth-order valence-electron chi connectivity index (χ4n) is 5.85. The molecular weight excluding hydrogens is 510 g/mol. The molecule has 1 aromatic heterocycles. The highest BCUT2D eigenvalue weighted by Crippen LogP contribution is 2.43. The van der Waals surface area contributed by atoms with E-state index in [-0.39, 0.29) is 52.3 Å². The summed E-state index contributed by atoms with van der Waals surface area (Å²) in [5, 5.41) is 34.6. The van der Waals surface area contributed by atoms with E-state index in [1.807, 2.05) is 12.1 Å². The number of hydrogen-bond acceptors (Lipinski definition) is 8. The van der Waals surface area contributed by atoms with Crippen LogP contribution in [-0.2, 0) is 0 Å². The van der Waals surface area contributed by atoms with Crippen molar-refractivity contribution in [3.8, 4) is 34.3 Å². The van der Waals surface area contributed by atoms with Crippen LogP contribution < -0.4 is 20.7 Å². The lowest BCUT2D eigenvalue weighted by molar-refractivity contribution is -0.938. The molecule has 0 spiro atoms. The molecule has 3 heterocycles. The molecule has 1 amide bonds. The van der Waals surface area contributed by atoms with Gasteiger partial charge in [-0.2, -0.15) is 0 Å². The number of carbonyl (C=O) groups is 1. The van der Waals surface area contributed by atoms with E-state index >= 15 is 0 Å². The summed E-state index contributed by atoms with van der Waals surface area (Å²) in [7, 11) is 2.35. The van der Waals surface area contributed by atoms with Crippen LogP contribution in [0.3, 0.4) is 0 Å². The second kappa shape index (κ2) is 11.8. The van der Waals surface area contributed by atoms with Crippen molar-refractivity contribution in [1.29, 1.82) is 0 Å². The number of ether oxygens (including phenoxy) is 1. The van der Waals surface area contributed by atoms with Crippen molar-refractivity contribution >= 4 is 11.6 Å². The van der Waals surface area contributed by atoms with Gasteiger partial charge in [0.05, 0.1) is 26.2 Å². The summed E-state index contributed by atoms with van der Waals surface area (Å²) < 4.78 is 12.6. The highest BCUT2D eigenvalue weighted by molar-refractivity contribution is 5.93. The number of quaternary nitrogens is 1. The standard InChI is InChI=1S/C30H39N5O5/c1-19(2)32-20-4-6-24(7-5-20)39-27-17-23(36)16-26(37)29(27)28-18-25(34-40-28)30(38)33-21-10-14-35(3,15-11-21)22-8-12-31-13-9-22/h4-7,16-19,21-22,31-32H,8-15H2,1-3H3,(H2-,33,34,36,37,38)/p+1. The third-order valence-electron chi connectivity index (χ3n) is 8.09. The summed E-state index contributed by atoms with van der Waals surface area (Å²) in [5.74, 6) is 0.108. The van der Waals surface area contributed by atoms with Crippen LogP contribution in [0.15, 0.2) is 47.0 Å². The van der Waals surface area contributed by atoms with Crippen molar-refractivity contribution in [2.45, 2.75) is 57.7 Å². The van der Waals surface area contributed by atoms with Crippen molar-refractivity contribution in [3.05, 3.63) is 48.2 Å². The van der Waals surface area contributed by atoms with Gasteiger partial charge in [-0.1, -0.05) is 5.16 Å². The summed E-state index contributed by atoms with van der Waals surface area (Å²) in [4.78, 5) is 13.1. The van der Waals surface area contributed by atoms with E-state index in [2.05, 4.69) is 42.0 Å². The number of hydrogen-bond donors (Lipinski definition) is 5. The number of phenols is 2. The molecule has 2 aliphatic rings. The summed E-state index contributed by atoms with van der Waals surface area (Å²) in [5.41, 5.74) is 1.26. The molecule has 0 atom stereocenters. The Bertz CT molecular complexity index is 1310. The number of likely N-dealkylation sites (tertiary alicyclic amines) is 1. The van der Waals surface area contributed by atoms with E-state index in [1.54, 1.807) is 12.1 Å². The Morgan fingerprint density at radius 2 is 1.77 bits per heavy atom. The Balaban J connectivity index is 1.26. The van der Waals surface area contributed by atoms with Gasteiger partial charge in [-0.25, -0.2) is 0 Å². The van der Waals surface area contributed by atoms with E-state index < -0.39 is 0 Å². The van der Waals surface area contributed by atoms with Gasteiger partial charge in [0.1, 0.15) is 28.6 Å². The topological polar surface area (TPSA) is 129 Å². The van der Waals surface area contributed by atoms with Crippen LogP contribution in [-0.4, -0.2) is 77.1 Å². The van der Waals surface area contributed by atoms with Crippen LogP contribution in [0.2, 0.25) is 0 Å². The normalized spacial score (nSPS) is 21.8. The quantitative estimate of drug-likeness (QED) is 0.260. The fourth-order valence-corrected chi connectivity index (χ4v) is 5.85. The molecule has 5 rings (SSSR count). The number of anilines is 1. The van der Waals surface area contributed by atoms with Gasteiger partial charge in [0.15, 0.2) is 11.5 Å². The first kappa shape index (κ1) is 27.8. The number of aromatic hydroxyl groups is 2. The van der Waals surface area contributed by atoms with Gasteiger partial charge >= 0.3 is 0 Å². The van der Waals surface area contributed by atoms with E-state index in [0.29, 0.717) is 11.8 Å². The molecular formula is C30H40N5O5+. The first-order chi connectivity index (χ1) is 19.2. The maximum atomic E-state index is 13.1. The van der Waals surface area contributed by atoms with E-state index in [0.717, 1.165) is 49.2 Å². The molecule has 2 fully saturated rings. The molecule has 0 aliphatic carbocycles. The molecule has 40 heavy (non-hydrogen) atoms. The lowest BCUT2D eigenvalue weighted by atomic mass is 9.95. The smallest absolute Gasteiger partial charge is 0.273 e. The molecule has 10 nitrogen and oxygen atoms in total. The summed E-state index contributed by atoms with van der Waals surface area (Å²) in [6.07, 6.45) is 4.23. The summed E-state index contributed by atoms with van der Waals surface area (Å²) >= 11 is 0. The maximum Gasteiger partial charge on any atom is 0.273 e. The number of carbonyl (C=O) groups excluding carboxylic acids is 1. The third-order valence-corrected chi connectivity index (χ3v) is 8.09. The number of phenolic OH excluding ortho intramolecular Hbond substituents is 2. The van der Waals surface area contributed by atoms with Gasteiger partial charge in [0, 0.05) is 74.7 Å². The molecule has 2 aliphatic heterocycles. The lowest BCUT2D eigenvalue weighted by Gasteiger charge is -2.47. The molecule has 2 saturated heterocycles. The molecule has 214 valence electrons. The number of aromatic nitrogens is 1. The van der Waals surface area contributed by atoms with Crippen molar-refractivity contribution in [2.24, 2.45) is 0 Å². The first-order valence-corrected chi connectivity index (χ1v) is 14.1. The summed E-state index contributed by atoms with van der Waals surface area (Å²) in [6, 6.07) is 12.5. The Kier molecular flexibility index (Phi) is 8.18. The van der Waals surface area contributed by atoms with Crippen molar-refractivity contribution in [2.75, 3.05) is 38.5 Å². The molecule has 10 heteroatoms. The maximum absolute atomic E-state index is 13.1. The Labute approximate surface area is 234 Å². The number of nitrogens with one attached hydrogen (secondary N) is 3. The molecule has 0 radical (unpaired) electrons. The highest BCUT2D eigenvalue weighted by Gasteiger charge is 2.38. The molecule has 2 aromatic carbocycles. The number of nitrogens with zero attached hydrogens (tertiary/aromatic N) is 2. The SMILES string of the molecule is CC(C)Nc1ccc(Oc2cc(O)cc(O)c2-c2cc(C(=O)NC3CC[N+](C)(C4CCNCC4)CC3)no2)cc1. The van der Waals surface area contributed by atoms with Gasteiger partial charge in [0.25, 0.3) is 5.91 Å². The Hall–Kier alpha value is -3.76. The summed E-state index contributed by atoms with van der Waals surface area (Å²) in [6.45, 7) is 8.35. The minimum Gasteiger partial charge on any atom is -0.508 e. The predicted molar refractivity (Wildman–Crippen MR) is 153 cm³/mol. The van der Waals surface area contributed by atoms with Gasteiger partial charge in [0.2, 0.25) is 0 Å². The van der Waals surface area contributed by atoms with Crippen LogP contribution in [0.25, 0.3) is 11.3 Å². The number of rotatable bonds is 8. The van der Waals surface area contributed by atoms with Crippen LogP contribution in [0, 0.1) is 0 Å². The number of benzene rings is 2. The molecule has 0 saturated carbocycles. The van der Waals surface area contributed by atoms with Gasteiger partial charge < -0.3 is 39.9 Å². The minimum absolute atomic E-state index is 0.0784. The first-order valence-electron chi connectivity index (χ1n) is 14.1. The molecule has 0 unspecified atom stereocenters. The van der Waals surface area contributed by atoms with Gasteiger partial charge in [-0.05, 0) is 38.1 Å². The van der Waals surface area contributed by atoms with Crippen LogP contribution in [0.5, 0.6) is 23.0 Å². The average Bonchev–Trinajstić information content (AvgIpc) is 3.41. The van der Waals surface area contributed by atoms with Crippen LogP contribution in [0.1, 0.15) is 50.0 Å². The largest absolute Gasteiger partial charge is 0.508 e. The predicted octanol–water partition coefficient (Wildman–Crippen LogP) is 4.46. The number of amides is 1. The van der Waals surface area contributed by atoms with E-state index in [4.69, 9.17) is 9.26 Å². The second-order valence-electron chi connectivity index (χ2n) is 11.5. The van der Waals surface area contributed by atoms with Crippen LogP contribution >= 0.6 is 0 Å². The molecule has 5 N–H and O–H groups in total. The van der Waals surface area contributed by atoms with E-state index in [9.17, 15) is 15.0 Å². The zero-order valence-corrected chi connectivity index (χ0v) is 23.4. The zero-order chi connectivity index (χ0) is 28.3. The van der Waals surface area contributed by atoms with Gasteiger partial charge in [-0.3, -0.25) is 4.79 Å². The average molecular weight is 551 g/mol. The third kappa shape index (κ3) is 6.34. The van der Waals surface area contributed by atoms with Gasteiger partial charge in [-0.15, -0.1) is 0 Å². The lowest BCUT2D eigenvalue weighted by Crippen LogP contribution is -2.61. The zero-order valence-electron chi connectivity index (χ0n) is 23.4. The number of piperidine rings is 2. The van der Waals surface area contributed by atoms with Crippen molar-refractivity contribution in [1.82, 2.24) is 15.8 Å². The van der Waals surface area contributed by atoms with Crippen LogP contribution in [0.4, 0.5) is 5.69 Å². The fraction of sp³-hybridized carbons (Fsp3) is 0.467. The molecule has 3 aromatic rings.